The van der Waals surface area contributed by atoms with Crippen LogP contribution in [0.1, 0.15) is 51.5 Å². The zero-order valence-electron chi connectivity index (χ0n) is 16.0. The summed E-state index contributed by atoms with van der Waals surface area (Å²) in [4.78, 5) is 12.7. The summed E-state index contributed by atoms with van der Waals surface area (Å²) in [6, 6.07) is 10.1. The highest BCUT2D eigenvalue weighted by Gasteiger charge is 2.10. The number of nitrogens with one attached hydrogen (secondary N) is 2. The molecule has 0 heterocycles. The Kier molecular flexibility index (Phi) is 12.4. The summed E-state index contributed by atoms with van der Waals surface area (Å²) in [7, 11) is 0. The lowest BCUT2D eigenvalue weighted by atomic mass is 10.0. The number of allylic oxidation sites excluding steroid dienone is 1. The Labute approximate surface area is 162 Å². The van der Waals surface area contributed by atoms with Gasteiger partial charge in [-0.15, -0.1) is 11.8 Å². The van der Waals surface area contributed by atoms with Gasteiger partial charge in [-0.1, -0.05) is 63.4 Å². The maximum atomic E-state index is 11.9. The molecule has 1 rings (SSSR count). The zero-order valence-corrected chi connectivity index (χ0v) is 16.8. The minimum Gasteiger partial charge on any atom is -0.465 e. The molecular weight excluding hydrogens is 344 g/mol. The molecule has 1 aromatic carbocycles. The monoisotopic (exact) mass is 376 g/mol. The van der Waals surface area contributed by atoms with Gasteiger partial charge in [0, 0.05) is 29.6 Å². The van der Waals surface area contributed by atoms with E-state index in [1.807, 2.05) is 24.4 Å². The quantitative estimate of drug-likeness (QED) is 0.348. The molecule has 0 saturated heterocycles. The Bertz CT molecular complexity index is 546. The average Bonchev–Trinajstić information content (AvgIpc) is 2.67. The van der Waals surface area contributed by atoms with Crippen molar-refractivity contribution in [2.45, 2.75) is 52.5 Å². The number of rotatable bonds is 14. The van der Waals surface area contributed by atoms with Crippen LogP contribution in [0.15, 0.2) is 41.4 Å². The Morgan fingerprint density at radius 3 is 2.73 bits per heavy atom. The molecule has 1 aromatic rings. The Balaban J connectivity index is 2.23. The van der Waals surface area contributed by atoms with E-state index in [0.29, 0.717) is 24.7 Å². The third-order valence-electron chi connectivity index (χ3n) is 4.13. The summed E-state index contributed by atoms with van der Waals surface area (Å²) in [6.45, 7) is 5.58. The first-order chi connectivity index (χ1) is 12.7. The number of thioether (sulfide) groups is 1. The molecular formula is C21H32N2O2S. The van der Waals surface area contributed by atoms with Crippen molar-refractivity contribution in [3.8, 4) is 0 Å². The number of esters is 1. The Morgan fingerprint density at radius 1 is 1.31 bits per heavy atom. The highest BCUT2D eigenvalue weighted by atomic mass is 32.2. The van der Waals surface area contributed by atoms with Crippen LogP contribution in [-0.4, -0.2) is 24.5 Å². The van der Waals surface area contributed by atoms with Crippen LogP contribution in [-0.2, 0) is 16.1 Å². The summed E-state index contributed by atoms with van der Waals surface area (Å²) < 4.78 is 5.40. The number of hydrogen-bond acceptors (Lipinski definition) is 5. The Hall–Kier alpha value is -1.75. The smallest absolute Gasteiger partial charge is 0.306 e. The lowest BCUT2D eigenvalue weighted by Crippen LogP contribution is -2.14. The van der Waals surface area contributed by atoms with Gasteiger partial charge in [-0.2, -0.15) is 0 Å². The number of hydrogen-bond donors (Lipinski definition) is 2. The molecule has 144 valence electrons. The molecule has 1 atom stereocenters. The molecule has 0 aromatic heterocycles. The minimum atomic E-state index is -0.144. The van der Waals surface area contributed by atoms with Crippen LogP contribution in [0.4, 0.5) is 0 Å². The van der Waals surface area contributed by atoms with Crippen LogP contribution in [0.25, 0.3) is 0 Å². The second-order valence-electron chi connectivity index (χ2n) is 6.26. The van der Waals surface area contributed by atoms with Gasteiger partial charge in [0.2, 0.25) is 0 Å². The van der Waals surface area contributed by atoms with Crippen molar-refractivity contribution < 1.29 is 9.53 Å². The lowest BCUT2D eigenvalue weighted by molar-refractivity contribution is -0.144. The fourth-order valence-electron chi connectivity index (χ4n) is 2.42. The van der Waals surface area contributed by atoms with Crippen molar-refractivity contribution in [1.29, 1.82) is 5.41 Å². The molecule has 1 unspecified atom stereocenters. The van der Waals surface area contributed by atoms with E-state index in [2.05, 4.69) is 31.3 Å². The molecule has 0 spiro atoms. The number of carbonyl (C=O) groups is 1. The topological polar surface area (TPSA) is 62.2 Å². The first-order valence-corrected chi connectivity index (χ1v) is 10.4. The van der Waals surface area contributed by atoms with Crippen molar-refractivity contribution in [3.05, 3.63) is 47.0 Å². The third kappa shape index (κ3) is 10.3. The minimum absolute atomic E-state index is 0.144. The second-order valence-corrected chi connectivity index (χ2v) is 7.42. The highest BCUT2D eigenvalue weighted by molar-refractivity contribution is 8.03. The van der Waals surface area contributed by atoms with Gasteiger partial charge >= 0.3 is 5.97 Å². The van der Waals surface area contributed by atoms with E-state index in [9.17, 15) is 4.79 Å². The van der Waals surface area contributed by atoms with Crippen LogP contribution in [0.2, 0.25) is 0 Å². The molecule has 0 saturated carbocycles. The summed E-state index contributed by atoms with van der Waals surface area (Å²) >= 11 is 1.49. The van der Waals surface area contributed by atoms with Crippen LogP contribution in [0.3, 0.4) is 0 Å². The number of benzene rings is 1. The van der Waals surface area contributed by atoms with Gasteiger partial charge in [0.1, 0.15) is 0 Å². The predicted molar refractivity (Wildman–Crippen MR) is 111 cm³/mol. The molecule has 0 aliphatic rings. The van der Waals surface area contributed by atoms with E-state index in [0.717, 1.165) is 24.3 Å². The van der Waals surface area contributed by atoms with Crippen molar-refractivity contribution in [2.75, 3.05) is 12.4 Å². The van der Waals surface area contributed by atoms with Crippen LogP contribution in [0, 0.1) is 11.3 Å². The van der Waals surface area contributed by atoms with Crippen molar-refractivity contribution in [3.63, 3.8) is 0 Å². The summed E-state index contributed by atoms with van der Waals surface area (Å²) in [6.07, 6.45) is 8.06. The fraction of sp³-hybridized carbons (Fsp3) is 0.524. The van der Waals surface area contributed by atoms with Crippen LogP contribution < -0.4 is 5.32 Å². The first-order valence-electron chi connectivity index (χ1n) is 9.45. The molecule has 0 amide bonds. The zero-order chi connectivity index (χ0) is 19.0. The number of carbonyl (C=O) groups excluding carboxylic acids is 1. The molecule has 26 heavy (non-hydrogen) atoms. The molecule has 0 bridgehead atoms. The summed E-state index contributed by atoms with van der Waals surface area (Å²) in [5, 5.41) is 10.7. The maximum Gasteiger partial charge on any atom is 0.306 e. The van der Waals surface area contributed by atoms with Crippen LogP contribution >= 0.6 is 11.8 Å². The SMILES string of the molecule is CCCCC(CC)COC(=O)CCS/C(C=N)=C/NCc1ccccc1. The summed E-state index contributed by atoms with van der Waals surface area (Å²) in [5.41, 5.74) is 1.19. The van der Waals surface area contributed by atoms with Gasteiger partial charge < -0.3 is 15.5 Å². The first kappa shape index (κ1) is 22.3. The van der Waals surface area contributed by atoms with Gasteiger partial charge in [-0.05, 0) is 17.9 Å². The molecule has 0 radical (unpaired) electrons. The molecule has 5 heteroatoms. The normalized spacial score (nSPS) is 12.5. The van der Waals surface area contributed by atoms with Gasteiger partial charge in [0.05, 0.1) is 13.0 Å². The van der Waals surface area contributed by atoms with E-state index < -0.39 is 0 Å². The molecule has 4 nitrogen and oxygen atoms in total. The van der Waals surface area contributed by atoms with Gasteiger partial charge in [-0.25, -0.2) is 0 Å². The lowest BCUT2D eigenvalue weighted by Gasteiger charge is -2.14. The van der Waals surface area contributed by atoms with Crippen molar-refractivity contribution in [2.24, 2.45) is 5.92 Å². The average molecular weight is 377 g/mol. The maximum absolute atomic E-state index is 11.9. The summed E-state index contributed by atoms with van der Waals surface area (Å²) in [5.74, 6) is 0.957. The van der Waals surface area contributed by atoms with Gasteiger partial charge in [-0.3, -0.25) is 4.79 Å². The molecule has 2 N–H and O–H groups in total. The largest absolute Gasteiger partial charge is 0.465 e. The highest BCUT2D eigenvalue weighted by Crippen LogP contribution is 2.16. The number of unbranched alkanes of at least 4 members (excludes halogenated alkanes) is 1. The molecule has 0 fully saturated rings. The molecule has 0 aliphatic heterocycles. The van der Waals surface area contributed by atoms with E-state index in [4.69, 9.17) is 10.1 Å². The Morgan fingerprint density at radius 2 is 2.08 bits per heavy atom. The fourth-order valence-corrected chi connectivity index (χ4v) is 3.18. The third-order valence-corrected chi connectivity index (χ3v) is 5.11. The van der Waals surface area contributed by atoms with Crippen LogP contribution in [0.5, 0.6) is 0 Å². The van der Waals surface area contributed by atoms with E-state index in [1.54, 1.807) is 0 Å². The number of ether oxygens (including phenoxy) is 1. The van der Waals surface area contributed by atoms with Gasteiger partial charge in [0.15, 0.2) is 0 Å². The molecule has 0 aliphatic carbocycles. The van der Waals surface area contributed by atoms with E-state index >= 15 is 0 Å². The van der Waals surface area contributed by atoms with Crippen molar-refractivity contribution >= 4 is 23.9 Å². The van der Waals surface area contributed by atoms with Crippen molar-refractivity contribution in [1.82, 2.24) is 5.32 Å². The van der Waals surface area contributed by atoms with Gasteiger partial charge in [0.25, 0.3) is 0 Å². The van der Waals surface area contributed by atoms with E-state index in [1.165, 1.54) is 36.4 Å². The standard InChI is InChI=1S/C21H32N2O2S/c1-3-5-9-18(4-2)17-25-21(24)12-13-26-20(14-22)16-23-15-19-10-7-6-8-11-19/h6-8,10-11,14,16,18,22-23H,3-5,9,12-13,15,17H2,1-2H3/b20-16+,22-14?. The van der Waals surface area contributed by atoms with E-state index in [-0.39, 0.29) is 5.97 Å². The predicted octanol–water partition coefficient (Wildman–Crippen LogP) is 5.15. The second kappa shape index (κ2) is 14.4.